The Morgan fingerprint density at radius 1 is 1.20 bits per heavy atom. The molecule has 1 heterocycles. The number of fused-ring (bicyclic) bond motifs is 1. The molecule has 3 rings (SSSR count). The van der Waals surface area contributed by atoms with Crippen LogP contribution in [0.2, 0.25) is 0 Å². The van der Waals surface area contributed by atoms with Crippen molar-refractivity contribution in [2.45, 2.75) is 19.0 Å². The number of hydrogen-bond acceptors (Lipinski definition) is 5. The highest BCUT2D eigenvalue weighted by atomic mass is 32.1. The lowest BCUT2D eigenvalue weighted by atomic mass is 10.0. The van der Waals surface area contributed by atoms with Gasteiger partial charge < -0.3 is 19.9 Å². The summed E-state index contributed by atoms with van der Waals surface area (Å²) in [6.07, 6.45) is 0.155. The highest BCUT2D eigenvalue weighted by Crippen LogP contribution is 2.27. The number of amides is 1. The van der Waals surface area contributed by atoms with Gasteiger partial charge in [-0.1, -0.05) is 30.3 Å². The van der Waals surface area contributed by atoms with E-state index in [1.165, 1.54) is 4.57 Å². The number of likely N-dealkylation sites (N-methyl/N-ethyl adjacent to an activating group) is 1. The maximum atomic E-state index is 12.7. The Labute approximate surface area is 180 Å². The van der Waals surface area contributed by atoms with Crippen molar-refractivity contribution in [2.75, 3.05) is 27.7 Å². The van der Waals surface area contributed by atoms with Crippen LogP contribution in [0.15, 0.2) is 53.3 Å². The standard InChI is InChI=1S/C22H26N4O3S/c1-25(2)18(16-9-5-7-11-19(16)29-3)14-23-20(27)12-13-26-21(28)15-8-4-6-10-17(15)24-22(26)30/h4-11,18H,12-14H2,1-3H3,(H,23,27)(H,24,30). The average Bonchev–Trinajstić information content (AvgIpc) is 2.73. The van der Waals surface area contributed by atoms with Crippen LogP contribution in [0.1, 0.15) is 18.0 Å². The van der Waals surface area contributed by atoms with Crippen LogP contribution in [-0.2, 0) is 11.3 Å². The second kappa shape index (κ2) is 9.69. The number of benzene rings is 2. The Morgan fingerprint density at radius 2 is 1.90 bits per heavy atom. The molecule has 0 saturated carbocycles. The third kappa shape index (κ3) is 4.77. The van der Waals surface area contributed by atoms with Crippen molar-refractivity contribution < 1.29 is 9.53 Å². The number of methoxy groups -OCH3 is 1. The Kier molecular flexibility index (Phi) is 7.02. The Bertz CT molecular complexity index is 1150. The zero-order chi connectivity index (χ0) is 21.7. The average molecular weight is 427 g/mol. The molecule has 30 heavy (non-hydrogen) atoms. The van der Waals surface area contributed by atoms with Crippen LogP contribution in [0, 0.1) is 4.77 Å². The minimum absolute atomic E-state index is 0.0451. The largest absolute Gasteiger partial charge is 0.496 e. The van der Waals surface area contributed by atoms with E-state index in [1.807, 2.05) is 55.4 Å². The fraction of sp³-hybridized carbons (Fsp3) is 0.318. The summed E-state index contributed by atoms with van der Waals surface area (Å²) in [5.74, 6) is 0.630. The fourth-order valence-corrected chi connectivity index (χ4v) is 3.71. The number of aromatic nitrogens is 2. The van der Waals surface area contributed by atoms with Crippen LogP contribution in [0.5, 0.6) is 5.75 Å². The molecule has 0 radical (unpaired) electrons. The summed E-state index contributed by atoms with van der Waals surface area (Å²) in [4.78, 5) is 30.3. The lowest BCUT2D eigenvalue weighted by molar-refractivity contribution is -0.121. The lowest BCUT2D eigenvalue weighted by Gasteiger charge is -2.26. The third-order valence-electron chi connectivity index (χ3n) is 5.07. The summed E-state index contributed by atoms with van der Waals surface area (Å²) in [7, 11) is 5.54. The van der Waals surface area contributed by atoms with Gasteiger partial charge in [-0.05, 0) is 44.5 Å². The van der Waals surface area contributed by atoms with Crippen molar-refractivity contribution in [3.63, 3.8) is 0 Å². The number of nitrogens with zero attached hydrogens (tertiary/aromatic N) is 2. The van der Waals surface area contributed by atoms with Crippen LogP contribution in [0.3, 0.4) is 0 Å². The molecule has 0 fully saturated rings. The lowest BCUT2D eigenvalue weighted by Crippen LogP contribution is -2.35. The molecule has 1 atom stereocenters. The van der Waals surface area contributed by atoms with E-state index in [0.717, 1.165) is 11.3 Å². The molecule has 0 aliphatic carbocycles. The Morgan fingerprint density at radius 3 is 2.63 bits per heavy atom. The van der Waals surface area contributed by atoms with Crippen LogP contribution in [-0.4, -0.2) is 48.1 Å². The maximum Gasteiger partial charge on any atom is 0.262 e. The summed E-state index contributed by atoms with van der Waals surface area (Å²) in [6.45, 7) is 0.637. The fourth-order valence-electron chi connectivity index (χ4n) is 3.43. The summed E-state index contributed by atoms with van der Waals surface area (Å²) in [6, 6.07) is 14.9. The molecule has 0 saturated heterocycles. The van der Waals surface area contributed by atoms with E-state index >= 15 is 0 Å². The van der Waals surface area contributed by atoms with Gasteiger partial charge in [-0.2, -0.15) is 0 Å². The first-order valence-electron chi connectivity index (χ1n) is 9.70. The Hall–Kier alpha value is -2.97. The number of carbonyl (C=O) groups is 1. The number of carbonyl (C=O) groups excluding carboxylic acids is 1. The quantitative estimate of drug-likeness (QED) is 0.542. The summed E-state index contributed by atoms with van der Waals surface area (Å²) < 4.78 is 7.20. The summed E-state index contributed by atoms with van der Waals surface area (Å²) >= 11 is 5.31. The highest BCUT2D eigenvalue weighted by molar-refractivity contribution is 7.71. The van der Waals surface area contributed by atoms with Gasteiger partial charge in [-0.25, -0.2) is 0 Å². The van der Waals surface area contributed by atoms with Gasteiger partial charge in [0.15, 0.2) is 4.77 Å². The first kappa shape index (κ1) is 21.7. The number of rotatable bonds is 8. The minimum Gasteiger partial charge on any atom is -0.496 e. The van der Waals surface area contributed by atoms with Crippen LogP contribution >= 0.6 is 12.2 Å². The molecular weight excluding hydrogens is 400 g/mol. The molecule has 1 aromatic heterocycles. The molecule has 1 amide bonds. The van der Waals surface area contributed by atoms with Crippen LogP contribution < -0.4 is 15.6 Å². The second-order valence-corrected chi connectivity index (χ2v) is 7.59. The molecule has 0 spiro atoms. The Balaban J connectivity index is 1.68. The van der Waals surface area contributed by atoms with E-state index in [9.17, 15) is 9.59 Å². The third-order valence-corrected chi connectivity index (χ3v) is 5.39. The predicted molar refractivity (Wildman–Crippen MR) is 120 cm³/mol. The number of ether oxygens (including phenoxy) is 1. The zero-order valence-electron chi connectivity index (χ0n) is 17.3. The van der Waals surface area contributed by atoms with E-state index in [-0.39, 0.29) is 30.5 Å². The first-order chi connectivity index (χ1) is 14.4. The van der Waals surface area contributed by atoms with Crippen molar-refractivity contribution in [2.24, 2.45) is 0 Å². The number of hydrogen-bond donors (Lipinski definition) is 2. The molecule has 2 aromatic carbocycles. The van der Waals surface area contributed by atoms with Crippen molar-refractivity contribution in [1.82, 2.24) is 19.8 Å². The summed E-state index contributed by atoms with van der Waals surface area (Å²) in [5.41, 5.74) is 1.50. The number of nitrogens with one attached hydrogen (secondary N) is 2. The van der Waals surface area contributed by atoms with Gasteiger partial charge in [0.1, 0.15) is 5.75 Å². The van der Waals surface area contributed by atoms with Crippen molar-refractivity contribution in [1.29, 1.82) is 0 Å². The van der Waals surface area contributed by atoms with Crippen LogP contribution in [0.25, 0.3) is 10.9 Å². The molecule has 3 aromatic rings. The molecule has 158 valence electrons. The molecular formula is C22H26N4O3S. The van der Waals surface area contributed by atoms with Gasteiger partial charge in [0.2, 0.25) is 5.91 Å². The smallest absolute Gasteiger partial charge is 0.262 e. The molecule has 1 unspecified atom stereocenters. The molecule has 0 aliphatic heterocycles. The van der Waals surface area contributed by atoms with E-state index in [4.69, 9.17) is 17.0 Å². The molecule has 8 heteroatoms. The zero-order valence-corrected chi connectivity index (χ0v) is 18.2. The van der Waals surface area contributed by atoms with Crippen LogP contribution in [0.4, 0.5) is 0 Å². The van der Waals surface area contributed by atoms with Crippen molar-refractivity contribution in [3.8, 4) is 5.75 Å². The van der Waals surface area contributed by atoms with Gasteiger partial charge >= 0.3 is 0 Å². The summed E-state index contributed by atoms with van der Waals surface area (Å²) in [5, 5.41) is 3.52. The molecule has 2 N–H and O–H groups in total. The second-order valence-electron chi connectivity index (χ2n) is 7.21. The van der Waals surface area contributed by atoms with E-state index in [0.29, 0.717) is 22.2 Å². The highest BCUT2D eigenvalue weighted by Gasteiger charge is 2.19. The SMILES string of the molecule is COc1ccccc1C(CNC(=O)CCn1c(=S)[nH]c2ccccc2c1=O)N(C)C. The minimum atomic E-state index is -0.192. The van der Waals surface area contributed by atoms with Gasteiger partial charge in [0.05, 0.1) is 24.1 Å². The van der Waals surface area contributed by atoms with Gasteiger partial charge in [-0.15, -0.1) is 0 Å². The first-order valence-corrected chi connectivity index (χ1v) is 10.1. The van der Waals surface area contributed by atoms with E-state index in [1.54, 1.807) is 19.2 Å². The number of para-hydroxylation sites is 2. The maximum absolute atomic E-state index is 12.7. The number of aromatic amines is 1. The van der Waals surface area contributed by atoms with E-state index in [2.05, 4.69) is 10.3 Å². The monoisotopic (exact) mass is 426 g/mol. The topological polar surface area (TPSA) is 79.4 Å². The molecule has 0 bridgehead atoms. The molecule has 0 aliphatic rings. The molecule has 7 nitrogen and oxygen atoms in total. The normalized spacial score (nSPS) is 12.1. The van der Waals surface area contributed by atoms with Crippen molar-refractivity contribution in [3.05, 3.63) is 69.2 Å². The predicted octanol–water partition coefficient (Wildman–Crippen LogP) is 2.88. The van der Waals surface area contributed by atoms with Gasteiger partial charge in [-0.3, -0.25) is 14.2 Å². The van der Waals surface area contributed by atoms with Gasteiger partial charge in [0.25, 0.3) is 5.56 Å². The van der Waals surface area contributed by atoms with E-state index < -0.39 is 0 Å². The number of H-pyrrole nitrogens is 1. The van der Waals surface area contributed by atoms with Gasteiger partial charge in [0, 0.05) is 25.1 Å². The van der Waals surface area contributed by atoms with Crippen molar-refractivity contribution >= 4 is 29.0 Å².